The number of rotatable bonds is 3. The summed E-state index contributed by atoms with van der Waals surface area (Å²) in [4.78, 5) is 14.8. The van der Waals surface area contributed by atoms with Gasteiger partial charge in [0.05, 0.1) is 11.3 Å². The topological polar surface area (TPSA) is 50.5 Å². The van der Waals surface area contributed by atoms with Crippen molar-refractivity contribution in [3.05, 3.63) is 34.9 Å². The molecule has 6 heteroatoms. The van der Waals surface area contributed by atoms with Crippen molar-refractivity contribution in [3.8, 4) is 0 Å². The van der Waals surface area contributed by atoms with Crippen LogP contribution in [-0.2, 0) is 4.79 Å². The number of thioether (sulfide) groups is 1. The summed E-state index contributed by atoms with van der Waals surface area (Å²) >= 11 is 1.49. The highest BCUT2D eigenvalue weighted by atomic mass is 32.2. The van der Waals surface area contributed by atoms with Gasteiger partial charge in [-0.15, -0.1) is 10.2 Å². The summed E-state index contributed by atoms with van der Waals surface area (Å²) in [5.74, 6) is 0.611. The van der Waals surface area contributed by atoms with Gasteiger partial charge in [-0.1, -0.05) is 23.4 Å². The van der Waals surface area contributed by atoms with Crippen LogP contribution in [0.25, 0.3) is 16.6 Å². The van der Waals surface area contributed by atoms with E-state index < -0.39 is 0 Å². The summed E-state index contributed by atoms with van der Waals surface area (Å²) in [6.45, 7) is 9.33. The number of hydrogen-bond acceptors (Lipinski definition) is 4. The Morgan fingerprint density at radius 3 is 2.74 bits per heavy atom. The standard InChI is InChI=1S/C21H26N4OS/c1-13-9-14(2)19-17(10-13)11-15(3)20-22-23-21(25(19)20)27-12-18(26)24-8-6-5-7-16(24)4/h9-11,16H,5-8,12H2,1-4H3. The molecule has 27 heavy (non-hydrogen) atoms. The molecular weight excluding hydrogens is 356 g/mol. The molecule has 5 nitrogen and oxygen atoms in total. The average molecular weight is 383 g/mol. The minimum Gasteiger partial charge on any atom is -0.339 e. The molecule has 0 spiro atoms. The molecule has 2 aromatic heterocycles. The maximum absolute atomic E-state index is 12.7. The third kappa shape index (κ3) is 3.31. The lowest BCUT2D eigenvalue weighted by Gasteiger charge is -2.33. The summed E-state index contributed by atoms with van der Waals surface area (Å²) in [5.41, 5.74) is 5.55. The average Bonchev–Trinajstić information content (AvgIpc) is 3.04. The Labute approximate surface area is 164 Å². The number of fused-ring (bicyclic) bond motifs is 3. The first-order valence-electron chi connectivity index (χ1n) is 9.63. The van der Waals surface area contributed by atoms with Crippen molar-refractivity contribution in [2.45, 2.75) is 58.2 Å². The molecule has 1 saturated heterocycles. The number of pyridine rings is 1. The summed E-state index contributed by atoms with van der Waals surface area (Å²) in [6, 6.07) is 6.90. The van der Waals surface area contributed by atoms with Gasteiger partial charge >= 0.3 is 0 Å². The third-order valence-corrected chi connectivity index (χ3v) is 6.42. The van der Waals surface area contributed by atoms with Crippen LogP contribution >= 0.6 is 11.8 Å². The molecule has 1 aromatic carbocycles. The van der Waals surface area contributed by atoms with Gasteiger partial charge in [-0.05, 0) is 75.6 Å². The number of amides is 1. The molecule has 0 aliphatic carbocycles. The number of aromatic nitrogens is 3. The van der Waals surface area contributed by atoms with Gasteiger partial charge in [0.2, 0.25) is 5.91 Å². The lowest BCUT2D eigenvalue weighted by Crippen LogP contribution is -2.42. The van der Waals surface area contributed by atoms with Crippen molar-refractivity contribution in [3.63, 3.8) is 0 Å². The van der Waals surface area contributed by atoms with E-state index >= 15 is 0 Å². The molecule has 1 atom stereocenters. The Morgan fingerprint density at radius 2 is 1.96 bits per heavy atom. The molecule has 0 radical (unpaired) electrons. The van der Waals surface area contributed by atoms with Gasteiger partial charge < -0.3 is 4.90 Å². The first-order chi connectivity index (χ1) is 13.0. The molecule has 1 aliphatic heterocycles. The highest BCUT2D eigenvalue weighted by molar-refractivity contribution is 7.99. The van der Waals surface area contributed by atoms with E-state index in [2.05, 4.69) is 60.5 Å². The van der Waals surface area contributed by atoms with E-state index in [1.165, 1.54) is 34.7 Å². The third-order valence-electron chi connectivity index (χ3n) is 5.50. The number of likely N-dealkylation sites (tertiary alicyclic amines) is 1. The van der Waals surface area contributed by atoms with Gasteiger partial charge in [-0.3, -0.25) is 9.20 Å². The highest BCUT2D eigenvalue weighted by Gasteiger charge is 2.24. The molecule has 3 heterocycles. The second kappa shape index (κ2) is 7.15. The Bertz CT molecular complexity index is 1030. The number of hydrogen-bond donors (Lipinski definition) is 0. The molecular formula is C21H26N4OS. The molecule has 142 valence electrons. The molecule has 1 unspecified atom stereocenters. The lowest BCUT2D eigenvalue weighted by atomic mass is 10.0. The van der Waals surface area contributed by atoms with Crippen molar-refractivity contribution in [2.75, 3.05) is 12.3 Å². The Morgan fingerprint density at radius 1 is 1.15 bits per heavy atom. The Kier molecular flexibility index (Phi) is 4.84. The molecule has 3 aromatic rings. The number of piperidine rings is 1. The van der Waals surface area contributed by atoms with Crippen LogP contribution in [0.2, 0.25) is 0 Å². The number of nitrogens with zero attached hydrogens (tertiary/aromatic N) is 4. The number of aryl methyl sites for hydroxylation is 3. The Balaban J connectivity index is 1.69. The quantitative estimate of drug-likeness (QED) is 0.634. The van der Waals surface area contributed by atoms with Crippen molar-refractivity contribution < 1.29 is 4.79 Å². The summed E-state index contributed by atoms with van der Waals surface area (Å²) in [5, 5.41) is 10.8. The fourth-order valence-electron chi connectivity index (χ4n) is 4.20. The van der Waals surface area contributed by atoms with Crippen LogP contribution in [-0.4, -0.2) is 43.7 Å². The van der Waals surface area contributed by atoms with E-state index in [9.17, 15) is 4.79 Å². The smallest absolute Gasteiger partial charge is 0.233 e. The molecule has 0 bridgehead atoms. The monoisotopic (exact) mass is 382 g/mol. The fourth-order valence-corrected chi connectivity index (χ4v) is 5.03. The molecule has 0 saturated carbocycles. The van der Waals surface area contributed by atoms with Gasteiger partial charge in [-0.25, -0.2) is 0 Å². The maximum Gasteiger partial charge on any atom is 0.233 e. The van der Waals surface area contributed by atoms with Crippen molar-refractivity contribution in [1.29, 1.82) is 0 Å². The van der Waals surface area contributed by atoms with Crippen LogP contribution in [0.5, 0.6) is 0 Å². The zero-order chi connectivity index (χ0) is 19.1. The molecule has 4 rings (SSSR count). The van der Waals surface area contributed by atoms with Gasteiger partial charge in [0.25, 0.3) is 0 Å². The molecule has 1 aliphatic rings. The second-order valence-corrected chi connectivity index (χ2v) is 8.65. The lowest BCUT2D eigenvalue weighted by molar-refractivity contribution is -0.131. The van der Waals surface area contributed by atoms with Crippen molar-refractivity contribution in [2.24, 2.45) is 0 Å². The largest absolute Gasteiger partial charge is 0.339 e. The molecule has 1 fully saturated rings. The SMILES string of the molecule is Cc1cc(C)c2c(c1)cc(C)c1nnc(SCC(=O)N3CCCCC3C)n12. The van der Waals surface area contributed by atoms with Crippen LogP contribution < -0.4 is 0 Å². The van der Waals surface area contributed by atoms with Crippen LogP contribution in [0.4, 0.5) is 0 Å². The number of carbonyl (C=O) groups is 1. The predicted octanol–water partition coefficient (Wildman–Crippen LogP) is 4.30. The highest BCUT2D eigenvalue weighted by Crippen LogP contribution is 2.29. The fraction of sp³-hybridized carbons (Fsp3) is 0.476. The van der Waals surface area contributed by atoms with E-state index in [0.29, 0.717) is 11.8 Å². The molecule has 1 amide bonds. The first-order valence-corrected chi connectivity index (χ1v) is 10.6. The maximum atomic E-state index is 12.7. The van der Waals surface area contributed by atoms with Crippen LogP contribution in [0, 0.1) is 20.8 Å². The van der Waals surface area contributed by atoms with Crippen LogP contribution in [0.3, 0.4) is 0 Å². The number of benzene rings is 1. The van der Waals surface area contributed by atoms with E-state index in [-0.39, 0.29) is 5.91 Å². The van der Waals surface area contributed by atoms with E-state index in [1.54, 1.807) is 0 Å². The molecule has 0 N–H and O–H groups in total. The van der Waals surface area contributed by atoms with E-state index in [0.717, 1.165) is 41.3 Å². The normalized spacial score (nSPS) is 17.8. The second-order valence-electron chi connectivity index (χ2n) is 7.71. The van der Waals surface area contributed by atoms with Gasteiger partial charge in [0, 0.05) is 12.6 Å². The van der Waals surface area contributed by atoms with E-state index in [4.69, 9.17) is 0 Å². The van der Waals surface area contributed by atoms with Gasteiger partial charge in [-0.2, -0.15) is 0 Å². The zero-order valence-corrected chi connectivity index (χ0v) is 17.3. The summed E-state index contributed by atoms with van der Waals surface area (Å²) in [6.07, 6.45) is 3.43. The van der Waals surface area contributed by atoms with Crippen molar-refractivity contribution in [1.82, 2.24) is 19.5 Å². The van der Waals surface area contributed by atoms with Crippen molar-refractivity contribution >= 4 is 34.2 Å². The van der Waals surface area contributed by atoms with Gasteiger partial charge in [0.15, 0.2) is 10.8 Å². The summed E-state index contributed by atoms with van der Waals surface area (Å²) in [7, 11) is 0. The summed E-state index contributed by atoms with van der Waals surface area (Å²) < 4.78 is 2.12. The van der Waals surface area contributed by atoms with E-state index in [1.807, 2.05) is 4.90 Å². The predicted molar refractivity (Wildman–Crippen MR) is 110 cm³/mol. The Hall–Kier alpha value is -2.08. The van der Waals surface area contributed by atoms with Crippen LogP contribution in [0.15, 0.2) is 23.4 Å². The minimum atomic E-state index is 0.202. The minimum absolute atomic E-state index is 0.202. The van der Waals surface area contributed by atoms with Gasteiger partial charge in [0.1, 0.15) is 0 Å². The number of carbonyl (C=O) groups excluding carboxylic acids is 1. The van der Waals surface area contributed by atoms with Crippen LogP contribution in [0.1, 0.15) is 42.9 Å². The first kappa shape index (κ1) is 18.3. The zero-order valence-electron chi connectivity index (χ0n) is 16.5.